The van der Waals surface area contributed by atoms with E-state index in [0.717, 1.165) is 18.4 Å². The zero-order valence-corrected chi connectivity index (χ0v) is 11.0. The predicted octanol–water partition coefficient (Wildman–Crippen LogP) is 4.89. The Labute approximate surface area is 108 Å². The lowest BCUT2D eigenvalue weighted by atomic mass is 10.1. The lowest BCUT2D eigenvalue weighted by Crippen LogP contribution is -1.92. The predicted molar refractivity (Wildman–Crippen MR) is 74.3 cm³/mol. The molecule has 0 saturated carbocycles. The quantitative estimate of drug-likeness (QED) is 0.497. The Bertz CT molecular complexity index is 365. The molecule has 0 aliphatic rings. The van der Waals surface area contributed by atoms with E-state index in [1.165, 1.54) is 12.8 Å². The highest BCUT2D eigenvalue weighted by Gasteiger charge is 1.96. The van der Waals surface area contributed by atoms with Gasteiger partial charge in [-0.2, -0.15) is 0 Å². The van der Waals surface area contributed by atoms with Gasteiger partial charge in [-0.1, -0.05) is 56.0 Å². The molecule has 0 saturated heterocycles. The second kappa shape index (κ2) is 8.08. The first-order valence-electron chi connectivity index (χ1n) is 6.19. The van der Waals surface area contributed by atoms with Crippen molar-refractivity contribution in [2.75, 3.05) is 0 Å². The number of carbonyl (C=O) groups excluding carboxylic acids is 1. The molecule has 0 atom stereocenters. The molecule has 0 amide bonds. The van der Waals surface area contributed by atoms with E-state index in [0.29, 0.717) is 11.4 Å². The fourth-order valence-electron chi connectivity index (χ4n) is 1.57. The molecule has 0 unspecified atom stereocenters. The van der Waals surface area contributed by atoms with Crippen LogP contribution in [0.4, 0.5) is 0 Å². The number of carbonyl (C=O) groups is 1. The zero-order chi connectivity index (χ0) is 12.5. The minimum Gasteiger partial charge on any atom is -0.295 e. The lowest BCUT2D eigenvalue weighted by molar-refractivity contribution is -0.114. The Morgan fingerprint density at radius 3 is 2.53 bits per heavy atom. The average Bonchev–Trinajstić information content (AvgIpc) is 2.34. The number of benzene rings is 1. The van der Waals surface area contributed by atoms with Gasteiger partial charge in [0.15, 0.2) is 5.78 Å². The summed E-state index contributed by atoms with van der Waals surface area (Å²) in [6.45, 7) is 2.17. The normalized spacial score (nSPS) is 10.9. The minimum atomic E-state index is 0.205. The van der Waals surface area contributed by atoms with Crippen LogP contribution < -0.4 is 0 Å². The average molecular weight is 251 g/mol. The van der Waals surface area contributed by atoms with Crippen molar-refractivity contribution in [2.45, 2.75) is 39.0 Å². The Morgan fingerprint density at radius 1 is 1.18 bits per heavy atom. The van der Waals surface area contributed by atoms with Crippen molar-refractivity contribution in [1.82, 2.24) is 0 Å². The second-order valence-electron chi connectivity index (χ2n) is 4.16. The Balaban J connectivity index is 2.32. The molecule has 17 heavy (non-hydrogen) atoms. The summed E-state index contributed by atoms with van der Waals surface area (Å²) in [6, 6.07) is 7.46. The third kappa shape index (κ3) is 6.28. The first-order valence-corrected chi connectivity index (χ1v) is 6.56. The van der Waals surface area contributed by atoms with Crippen molar-refractivity contribution in [2.24, 2.45) is 0 Å². The molecule has 0 bridgehead atoms. The summed E-state index contributed by atoms with van der Waals surface area (Å²) in [7, 11) is 0. The summed E-state index contributed by atoms with van der Waals surface area (Å²) in [6.07, 6.45) is 8.73. The van der Waals surface area contributed by atoms with Crippen LogP contribution in [-0.4, -0.2) is 5.78 Å². The van der Waals surface area contributed by atoms with Gasteiger partial charge in [0.25, 0.3) is 0 Å². The molecule has 0 aliphatic carbocycles. The number of hydrogen-bond acceptors (Lipinski definition) is 1. The van der Waals surface area contributed by atoms with Crippen molar-refractivity contribution in [3.05, 3.63) is 40.9 Å². The molecular weight excluding hydrogens is 232 g/mol. The van der Waals surface area contributed by atoms with Gasteiger partial charge in [-0.15, -0.1) is 0 Å². The van der Waals surface area contributed by atoms with Crippen LogP contribution in [0.3, 0.4) is 0 Å². The van der Waals surface area contributed by atoms with Crippen molar-refractivity contribution in [3.8, 4) is 0 Å². The van der Waals surface area contributed by atoms with E-state index in [4.69, 9.17) is 11.6 Å². The van der Waals surface area contributed by atoms with Crippen LogP contribution in [0.2, 0.25) is 5.02 Å². The largest absolute Gasteiger partial charge is 0.295 e. The first-order chi connectivity index (χ1) is 8.22. The molecule has 0 spiro atoms. The fourth-order valence-corrected chi connectivity index (χ4v) is 1.70. The first kappa shape index (κ1) is 14.0. The van der Waals surface area contributed by atoms with Gasteiger partial charge in [0.1, 0.15) is 0 Å². The molecule has 0 radical (unpaired) electrons. The number of hydrogen-bond donors (Lipinski definition) is 0. The summed E-state index contributed by atoms with van der Waals surface area (Å²) in [4.78, 5) is 11.5. The molecule has 0 aliphatic heterocycles. The summed E-state index contributed by atoms with van der Waals surface area (Å²) < 4.78 is 0. The smallest absolute Gasteiger partial charge is 0.155 e. The van der Waals surface area contributed by atoms with E-state index in [1.807, 2.05) is 30.3 Å². The number of halogens is 1. The van der Waals surface area contributed by atoms with E-state index in [-0.39, 0.29) is 5.78 Å². The van der Waals surface area contributed by atoms with Gasteiger partial charge in [0.2, 0.25) is 0 Å². The van der Waals surface area contributed by atoms with Gasteiger partial charge in [-0.3, -0.25) is 4.79 Å². The van der Waals surface area contributed by atoms with Crippen LogP contribution in [0, 0.1) is 0 Å². The molecule has 1 nitrogen and oxygen atoms in total. The zero-order valence-electron chi connectivity index (χ0n) is 10.3. The fraction of sp³-hybridized carbons (Fsp3) is 0.400. The minimum absolute atomic E-state index is 0.205. The van der Waals surface area contributed by atoms with Gasteiger partial charge < -0.3 is 0 Å². The molecule has 0 heterocycles. The Kier molecular flexibility index (Phi) is 6.64. The van der Waals surface area contributed by atoms with Gasteiger partial charge >= 0.3 is 0 Å². The van der Waals surface area contributed by atoms with Gasteiger partial charge in [0, 0.05) is 11.4 Å². The summed E-state index contributed by atoms with van der Waals surface area (Å²) in [5.41, 5.74) is 1.01. The standard InChI is InChI=1S/C15H19ClO/c1-2-3-4-5-6-15(17)12-9-13-7-10-14(16)11-8-13/h7-12H,2-6H2,1H3. The van der Waals surface area contributed by atoms with Gasteiger partial charge in [-0.25, -0.2) is 0 Å². The maximum atomic E-state index is 11.5. The van der Waals surface area contributed by atoms with E-state index >= 15 is 0 Å². The topological polar surface area (TPSA) is 17.1 Å². The third-order valence-electron chi connectivity index (χ3n) is 2.61. The van der Waals surface area contributed by atoms with Gasteiger partial charge in [-0.05, 0) is 30.2 Å². The van der Waals surface area contributed by atoms with Crippen LogP contribution in [0.1, 0.15) is 44.6 Å². The monoisotopic (exact) mass is 250 g/mol. The second-order valence-corrected chi connectivity index (χ2v) is 4.60. The van der Waals surface area contributed by atoms with E-state index < -0.39 is 0 Å². The van der Waals surface area contributed by atoms with E-state index in [1.54, 1.807) is 6.08 Å². The summed E-state index contributed by atoms with van der Waals surface area (Å²) in [5, 5.41) is 0.716. The molecule has 92 valence electrons. The maximum Gasteiger partial charge on any atom is 0.155 e. The SMILES string of the molecule is CCCCCCC(=O)C=Cc1ccc(Cl)cc1. The highest BCUT2D eigenvalue weighted by molar-refractivity contribution is 6.30. The maximum absolute atomic E-state index is 11.5. The molecule has 1 aromatic rings. The Morgan fingerprint density at radius 2 is 1.88 bits per heavy atom. The number of rotatable bonds is 7. The molecular formula is C15H19ClO. The summed E-state index contributed by atoms with van der Waals surface area (Å²) >= 11 is 5.78. The molecule has 2 heteroatoms. The summed E-state index contributed by atoms with van der Waals surface area (Å²) in [5.74, 6) is 0.205. The van der Waals surface area contributed by atoms with Crippen molar-refractivity contribution < 1.29 is 4.79 Å². The van der Waals surface area contributed by atoms with E-state index in [2.05, 4.69) is 6.92 Å². The van der Waals surface area contributed by atoms with E-state index in [9.17, 15) is 4.79 Å². The lowest BCUT2D eigenvalue weighted by Gasteiger charge is -1.96. The molecule has 0 fully saturated rings. The van der Waals surface area contributed by atoms with Crippen LogP contribution in [-0.2, 0) is 4.79 Å². The molecule has 1 aromatic carbocycles. The Hall–Kier alpha value is -1.08. The molecule has 0 aromatic heterocycles. The molecule has 0 N–H and O–H groups in total. The highest BCUT2D eigenvalue weighted by atomic mass is 35.5. The number of allylic oxidation sites excluding steroid dienone is 1. The van der Waals surface area contributed by atoms with Crippen LogP contribution in [0.15, 0.2) is 30.3 Å². The van der Waals surface area contributed by atoms with Crippen molar-refractivity contribution in [1.29, 1.82) is 0 Å². The number of unbranched alkanes of at least 4 members (excludes halogenated alkanes) is 3. The highest BCUT2D eigenvalue weighted by Crippen LogP contribution is 2.11. The number of ketones is 1. The molecule has 1 rings (SSSR count). The van der Waals surface area contributed by atoms with Gasteiger partial charge in [0.05, 0.1) is 0 Å². The van der Waals surface area contributed by atoms with Crippen LogP contribution >= 0.6 is 11.6 Å². The third-order valence-corrected chi connectivity index (χ3v) is 2.86. The van der Waals surface area contributed by atoms with Crippen LogP contribution in [0.25, 0.3) is 6.08 Å². The van der Waals surface area contributed by atoms with Crippen molar-refractivity contribution >= 4 is 23.5 Å². The van der Waals surface area contributed by atoms with Crippen molar-refractivity contribution in [3.63, 3.8) is 0 Å². The van der Waals surface area contributed by atoms with Crippen LogP contribution in [0.5, 0.6) is 0 Å².